The maximum atomic E-state index is 11.8. The quantitative estimate of drug-likeness (QED) is 0.750. The number of sulfone groups is 1. The first kappa shape index (κ1) is 20.7. The Bertz CT molecular complexity index is 1030. The topological polar surface area (TPSA) is 125 Å². The van der Waals surface area contributed by atoms with Gasteiger partial charge < -0.3 is 15.0 Å². The van der Waals surface area contributed by atoms with Crippen LogP contribution in [0, 0.1) is 11.3 Å². The monoisotopic (exact) mass is 415 g/mol. The van der Waals surface area contributed by atoms with Crippen LogP contribution < -0.4 is 10.2 Å². The smallest absolute Gasteiger partial charge is 0.238 e. The summed E-state index contributed by atoms with van der Waals surface area (Å²) in [5.74, 6) is 0.495. The van der Waals surface area contributed by atoms with E-state index in [1.54, 1.807) is 36.4 Å². The predicted octanol–water partition coefficient (Wildman–Crippen LogP) is 1.38. The number of benzene rings is 1. The normalized spacial score (nSPS) is 14.3. The van der Waals surface area contributed by atoms with E-state index in [2.05, 4.69) is 15.3 Å². The van der Waals surface area contributed by atoms with Gasteiger partial charge >= 0.3 is 0 Å². The fourth-order valence-electron chi connectivity index (χ4n) is 2.89. The second-order valence-electron chi connectivity index (χ2n) is 6.67. The minimum Gasteiger partial charge on any atom is -0.378 e. The molecule has 0 atom stereocenters. The Labute approximate surface area is 169 Å². The number of nitrogens with one attached hydrogen (secondary N) is 1. The molecular formula is C19H21N5O4S. The first-order valence-electron chi connectivity index (χ1n) is 9.00. The lowest BCUT2D eigenvalue weighted by atomic mass is 10.2. The first-order valence-corrected chi connectivity index (χ1v) is 11.1. The summed E-state index contributed by atoms with van der Waals surface area (Å²) >= 11 is 0. The first-order chi connectivity index (χ1) is 13.8. The summed E-state index contributed by atoms with van der Waals surface area (Å²) in [6, 6.07) is 10.3. The highest BCUT2D eigenvalue weighted by Crippen LogP contribution is 2.23. The third-order valence-electron chi connectivity index (χ3n) is 4.18. The maximum Gasteiger partial charge on any atom is 0.238 e. The molecule has 3 rings (SSSR count). The third-order valence-corrected chi connectivity index (χ3v) is 5.00. The van der Waals surface area contributed by atoms with Crippen LogP contribution in [0.15, 0.2) is 30.3 Å². The molecular weight excluding hydrogens is 394 g/mol. The van der Waals surface area contributed by atoms with Crippen molar-refractivity contribution in [3.8, 4) is 17.5 Å². The van der Waals surface area contributed by atoms with Crippen LogP contribution in [0.5, 0.6) is 0 Å². The average molecular weight is 415 g/mol. The second kappa shape index (κ2) is 8.98. The molecule has 2 heterocycles. The number of rotatable bonds is 6. The van der Waals surface area contributed by atoms with Gasteiger partial charge in [0.25, 0.3) is 0 Å². The van der Waals surface area contributed by atoms with Crippen LogP contribution in [0.3, 0.4) is 0 Å². The van der Waals surface area contributed by atoms with Gasteiger partial charge in [-0.25, -0.2) is 18.4 Å². The summed E-state index contributed by atoms with van der Waals surface area (Å²) < 4.78 is 28.9. The number of carbonyl (C=O) groups excluding carboxylic acids is 1. The lowest BCUT2D eigenvalue weighted by Gasteiger charge is -2.28. The standard InChI is InChI=1S/C19H21N5O4S/c1-29(26,27)13-16-12-17(24-8-10-28-11-9-24)23-19(22-16)14-2-4-15(5-3-14)21-18(25)6-7-20/h2-5,12H,6,8-11,13H2,1H3,(H,21,25). The number of aromatic nitrogens is 2. The Balaban J connectivity index is 1.91. The van der Waals surface area contributed by atoms with E-state index < -0.39 is 9.84 Å². The molecule has 1 aromatic heterocycles. The number of nitrogens with zero attached hydrogens (tertiary/aromatic N) is 4. The molecule has 0 bridgehead atoms. The highest BCUT2D eigenvalue weighted by Gasteiger charge is 2.17. The van der Waals surface area contributed by atoms with Gasteiger partial charge in [0.05, 0.1) is 30.7 Å². The molecule has 2 aromatic rings. The van der Waals surface area contributed by atoms with Crippen molar-refractivity contribution >= 4 is 27.2 Å². The molecule has 0 saturated carbocycles. The van der Waals surface area contributed by atoms with Crippen molar-refractivity contribution in [2.45, 2.75) is 12.2 Å². The number of hydrogen-bond donors (Lipinski definition) is 1. The van der Waals surface area contributed by atoms with Gasteiger partial charge in [-0.1, -0.05) is 0 Å². The molecule has 1 amide bonds. The Kier molecular flexibility index (Phi) is 6.41. The van der Waals surface area contributed by atoms with Crippen molar-refractivity contribution in [1.29, 1.82) is 5.26 Å². The molecule has 1 aliphatic rings. The van der Waals surface area contributed by atoms with Crippen molar-refractivity contribution < 1.29 is 17.9 Å². The van der Waals surface area contributed by atoms with Gasteiger partial charge in [0.1, 0.15) is 12.2 Å². The number of hydrogen-bond acceptors (Lipinski definition) is 8. The van der Waals surface area contributed by atoms with E-state index in [9.17, 15) is 13.2 Å². The highest BCUT2D eigenvalue weighted by molar-refractivity contribution is 7.89. The molecule has 9 nitrogen and oxygen atoms in total. The Morgan fingerprint density at radius 3 is 2.55 bits per heavy atom. The van der Waals surface area contributed by atoms with Crippen molar-refractivity contribution in [1.82, 2.24) is 9.97 Å². The van der Waals surface area contributed by atoms with Gasteiger partial charge in [-0.15, -0.1) is 0 Å². The van der Waals surface area contributed by atoms with Gasteiger partial charge in [0.2, 0.25) is 5.91 Å². The number of nitriles is 1. The van der Waals surface area contributed by atoms with E-state index in [-0.39, 0.29) is 18.1 Å². The van der Waals surface area contributed by atoms with E-state index in [4.69, 9.17) is 10.00 Å². The fraction of sp³-hybridized carbons (Fsp3) is 0.368. The third kappa shape index (κ3) is 5.97. The zero-order valence-electron chi connectivity index (χ0n) is 16.0. The summed E-state index contributed by atoms with van der Waals surface area (Å²) in [6.07, 6.45) is 0.948. The molecule has 0 spiro atoms. The lowest BCUT2D eigenvalue weighted by Crippen LogP contribution is -2.37. The average Bonchev–Trinajstić information content (AvgIpc) is 2.68. The van der Waals surface area contributed by atoms with Crippen molar-refractivity contribution in [2.75, 3.05) is 42.8 Å². The van der Waals surface area contributed by atoms with Gasteiger partial charge in [-0.05, 0) is 24.3 Å². The van der Waals surface area contributed by atoms with Gasteiger partial charge in [-0.3, -0.25) is 4.79 Å². The van der Waals surface area contributed by atoms with Gasteiger partial charge in [0.15, 0.2) is 15.7 Å². The minimum absolute atomic E-state index is 0.178. The molecule has 1 aromatic carbocycles. The molecule has 1 aliphatic heterocycles. The van der Waals surface area contributed by atoms with Crippen LogP contribution in [0.4, 0.5) is 11.5 Å². The lowest BCUT2D eigenvalue weighted by molar-refractivity contribution is -0.115. The Morgan fingerprint density at radius 1 is 1.24 bits per heavy atom. The largest absolute Gasteiger partial charge is 0.378 e. The van der Waals surface area contributed by atoms with Crippen LogP contribution in [0.1, 0.15) is 12.1 Å². The van der Waals surface area contributed by atoms with Crippen LogP contribution in [-0.2, 0) is 25.1 Å². The van der Waals surface area contributed by atoms with Crippen molar-refractivity contribution in [3.05, 3.63) is 36.0 Å². The van der Waals surface area contributed by atoms with Crippen molar-refractivity contribution in [3.63, 3.8) is 0 Å². The minimum atomic E-state index is -3.26. The van der Waals surface area contributed by atoms with E-state index in [0.717, 1.165) is 0 Å². The summed E-state index contributed by atoms with van der Waals surface area (Å²) in [6.45, 7) is 2.49. The Hall–Kier alpha value is -3.03. The van der Waals surface area contributed by atoms with Gasteiger partial charge in [0, 0.05) is 36.7 Å². The molecule has 152 valence electrons. The number of ether oxygens (including phenoxy) is 1. The summed E-state index contributed by atoms with van der Waals surface area (Å²) in [7, 11) is -3.26. The summed E-state index contributed by atoms with van der Waals surface area (Å²) in [5, 5.41) is 11.2. The maximum absolute atomic E-state index is 11.8. The molecule has 1 fully saturated rings. The van der Waals surface area contributed by atoms with Crippen molar-refractivity contribution in [2.24, 2.45) is 0 Å². The summed E-state index contributed by atoms with van der Waals surface area (Å²) in [5.41, 5.74) is 1.66. The molecule has 1 N–H and O–H groups in total. The number of amides is 1. The molecule has 0 radical (unpaired) electrons. The van der Waals surface area contributed by atoms with Crippen LogP contribution >= 0.6 is 0 Å². The van der Waals surface area contributed by atoms with E-state index in [0.29, 0.717) is 54.9 Å². The van der Waals surface area contributed by atoms with Crippen LogP contribution in [0.25, 0.3) is 11.4 Å². The number of morpholine rings is 1. The molecule has 10 heteroatoms. The van der Waals surface area contributed by atoms with Crippen LogP contribution in [0.2, 0.25) is 0 Å². The SMILES string of the molecule is CS(=O)(=O)Cc1cc(N2CCOCC2)nc(-c2ccc(NC(=O)CC#N)cc2)n1. The van der Waals surface area contributed by atoms with E-state index in [1.165, 1.54) is 6.26 Å². The summed E-state index contributed by atoms with van der Waals surface area (Å²) in [4.78, 5) is 22.6. The molecule has 0 aliphatic carbocycles. The van der Waals surface area contributed by atoms with E-state index >= 15 is 0 Å². The number of anilines is 2. The highest BCUT2D eigenvalue weighted by atomic mass is 32.2. The van der Waals surface area contributed by atoms with Crippen LogP contribution in [-0.4, -0.2) is 56.9 Å². The zero-order chi connectivity index (χ0) is 20.9. The van der Waals surface area contributed by atoms with E-state index in [1.807, 2.05) is 4.90 Å². The number of carbonyl (C=O) groups is 1. The fourth-order valence-corrected chi connectivity index (χ4v) is 3.57. The second-order valence-corrected chi connectivity index (χ2v) is 8.81. The predicted molar refractivity (Wildman–Crippen MR) is 108 cm³/mol. The molecule has 0 unspecified atom stereocenters. The Morgan fingerprint density at radius 2 is 1.93 bits per heavy atom. The zero-order valence-corrected chi connectivity index (χ0v) is 16.8. The molecule has 29 heavy (non-hydrogen) atoms. The van der Waals surface area contributed by atoms with Gasteiger partial charge in [-0.2, -0.15) is 5.26 Å². The molecule has 1 saturated heterocycles.